The average Bonchev–Trinajstić information content (AvgIpc) is 2.34. The fourth-order valence-electron chi connectivity index (χ4n) is 1.82. The van der Waals surface area contributed by atoms with Gasteiger partial charge in [0, 0.05) is 6.04 Å². The summed E-state index contributed by atoms with van der Waals surface area (Å²) in [5.41, 5.74) is 1.34. The summed E-state index contributed by atoms with van der Waals surface area (Å²) in [6.45, 7) is 5.67. The first-order valence-corrected chi connectivity index (χ1v) is 6.60. The summed E-state index contributed by atoms with van der Waals surface area (Å²) < 4.78 is 0. The lowest BCUT2D eigenvalue weighted by Gasteiger charge is -2.17. The van der Waals surface area contributed by atoms with Gasteiger partial charge in [-0.25, -0.2) is 0 Å². The smallest absolute Gasteiger partial charge is 0.0584 e. The number of aryl methyl sites for hydroxylation is 1. The number of rotatable bonds is 8. The molecule has 3 heteroatoms. The maximum Gasteiger partial charge on any atom is 0.0584 e. The van der Waals surface area contributed by atoms with Crippen molar-refractivity contribution in [3.05, 3.63) is 35.9 Å². The van der Waals surface area contributed by atoms with Gasteiger partial charge in [0.15, 0.2) is 0 Å². The molecule has 0 bridgehead atoms. The standard InChI is InChI=1S/C15H25NO.ClH/c1-13(2)10-11-16-15(12-17)9-8-14-6-4-3-5-7-14;/h3-7,13,15-17H,8-12H2,1-2H3;1H/t15-;/m1./s1. The summed E-state index contributed by atoms with van der Waals surface area (Å²) in [6, 6.07) is 10.7. The topological polar surface area (TPSA) is 32.3 Å². The molecule has 104 valence electrons. The van der Waals surface area contributed by atoms with Gasteiger partial charge in [-0.3, -0.25) is 0 Å². The van der Waals surface area contributed by atoms with E-state index in [1.807, 2.05) is 6.07 Å². The molecule has 0 aromatic heterocycles. The summed E-state index contributed by atoms with van der Waals surface area (Å²) in [4.78, 5) is 0. The Bertz CT molecular complexity index is 290. The third-order valence-corrected chi connectivity index (χ3v) is 3.00. The van der Waals surface area contributed by atoms with Crippen LogP contribution in [0.3, 0.4) is 0 Å². The van der Waals surface area contributed by atoms with Gasteiger partial charge in [-0.15, -0.1) is 12.4 Å². The van der Waals surface area contributed by atoms with Crippen LogP contribution in [0.5, 0.6) is 0 Å². The van der Waals surface area contributed by atoms with Gasteiger partial charge in [0.25, 0.3) is 0 Å². The first kappa shape index (κ1) is 17.4. The molecule has 0 aliphatic heterocycles. The zero-order chi connectivity index (χ0) is 12.5. The van der Waals surface area contributed by atoms with Crippen molar-refractivity contribution in [3.8, 4) is 0 Å². The molecule has 0 heterocycles. The zero-order valence-electron chi connectivity index (χ0n) is 11.4. The van der Waals surface area contributed by atoms with Crippen molar-refractivity contribution < 1.29 is 5.11 Å². The number of benzene rings is 1. The van der Waals surface area contributed by atoms with Gasteiger partial charge in [-0.05, 0) is 37.3 Å². The summed E-state index contributed by atoms with van der Waals surface area (Å²) in [5.74, 6) is 0.718. The number of aliphatic hydroxyl groups excluding tert-OH is 1. The predicted octanol–water partition coefficient (Wildman–Crippen LogP) is 3.04. The molecule has 0 aliphatic carbocycles. The van der Waals surface area contributed by atoms with Crippen LogP contribution >= 0.6 is 12.4 Å². The molecule has 0 aliphatic rings. The maximum atomic E-state index is 9.31. The quantitative estimate of drug-likeness (QED) is 0.762. The number of hydrogen-bond acceptors (Lipinski definition) is 2. The van der Waals surface area contributed by atoms with E-state index >= 15 is 0 Å². The Balaban J connectivity index is 0.00000289. The van der Waals surface area contributed by atoms with Crippen LogP contribution in [0.4, 0.5) is 0 Å². The monoisotopic (exact) mass is 271 g/mol. The lowest BCUT2D eigenvalue weighted by atomic mass is 10.1. The van der Waals surface area contributed by atoms with E-state index in [4.69, 9.17) is 0 Å². The first-order chi connectivity index (χ1) is 8.22. The van der Waals surface area contributed by atoms with Crippen molar-refractivity contribution in [2.45, 2.75) is 39.2 Å². The Morgan fingerprint density at radius 1 is 1.11 bits per heavy atom. The Morgan fingerprint density at radius 3 is 2.33 bits per heavy atom. The van der Waals surface area contributed by atoms with Crippen molar-refractivity contribution in [2.24, 2.45) is 5.92 Å². The molecule has 0 spiro atoms. The third kappa shape index (κ3) is 7.70. The highest BCUT2D eigenvalue weighted by Gasteiger charge is 2.06. The lowest BCUT2D eigenvalue weighted by molar-refractivity contribution is 0.234. The van der Waals surface area contributed by atoms with E-state index < -0.39 is 0 Å². The normalized spacial score (nSPS) is 12.2. The maximum absolute atomic E-state index is 9.31. The van der Waals surface area contributed by atoms with Gasteiger partial charge in [-0.1, -0.05) is 44.2 Å². The Kier molecular flexibility index (Phi) is 10.0. The molecule has 2 nitrogen and oxygen atoms in total. The minimum atomic E-state index is 0. The molecular weight excluding hydrogens is 246 g/mol. The molecule has 1 rings (SSSR count). The van der Waals surface area contributed by atoms with E-state index in [-0.39, 0.29) is 25.1 Å². The summed E-state index contributed by atoms with van der Waals surface area (Å²) in [5, 5.41) is 12.7. The molecule has 1 atom stereocenters. The molecule has 0 unspecified atom stereocenters. The zero-order valence-corrected chi connectivity index (χ0v) is 12.2. The van der Waals surface area contributed by atoms with Crippen LogP contribution in [0.2, 0.25) is 0 Å². The predicted molar refractivity (Wildman–Crippen MR) is 80.3 cm³/mol. The van der Waals surface area contributed by atoms with Crippen LogP contribution in [0, 0.1) is 5.92 Å². The minimum absolute atomic E-state index is 0. The van der Waals surface area contributed by atoms with Crippen molar-refractivity contribution in [1.82, 2.24) is 5.32 Å². The second kappa shape index (κ2) is 10.4. The first-order valence-electron chi connectivity index (χ1n) is 6.60. The largest absolute Gasteiger partial charge is 0.395 e. The Hall–Kier alpha value is -0.570. The molecule has 0 radical (unpaired) electrons. The van der Waals surface area contributed by atoms with E-state index in [0.717, 1.165) is 25.3 Å². The second-order valence-corrected chi connectivity index (χ2v) is 5.04. The van der Waals surface area contributed by atoms with Gasteiger partial charge in [0.05, 0.1) is 6.61 Å². The van der Waals surface area contributed by atoms with Gasteiger partial charge in [0.1, 0.15) is 0 Å². The molecule has 0 saturated carbocycles. The average molecular weight is 272 g/mol. The summed E-state index contributed by atoms with van der Waals surface area (Å²) in [6.07, 6.45) is 3.20. The van der Waals surface area contributed by atoms with Gasteiger partial charge in [0.2, 0.25) is 0 Å². The summed E-state index contributed by atoms with van der Waals surface area (Å²) in [7, 11) is 0. The highest BCUT2D eigenvalue weighted by molar-refractivity contribution is 5.85. The van der Waals surface area contributed by atoms with Crippen LogP contribution < -0.4 is 5.32 Å². The molecule has 1 aromatic carbocycles. The van der Waals surface area contributed by atoms with E-state index in [9.17, 15) is 5.11 Å². The van der Waals surface area contributed by atoms with E-state index in [0.29, 0.717) is 0 Å². The number of aliphatic hydroxyl groups is 1. The van der Waals surface area contributed by atoms with Crippen LogP contribution in [0.25, 0.3) is 0 Å². The Labute approximate surface area is 117 Å². The molecular formula is C15H26ClNO. The SMILES string of the molecule is CC(C)CCN[C@@H](CO)CCc1ccccc1.Cl. The lowest BCUT2D eigenvalue weighted by Crippen LogP contribution is -2.34. The van der Waals surface area contributed by atoms with Gasteiger partial charge >= 0.3 is 0 Å². The van der Waals surface area contributed by atoms with Crippen LogP contribution in [-0.2, 0) is 6.42 Å². The molecule has 0 amide bonds. The van der Waals surface area contributed by atoms with E-state index in [1.54, 1.807) is 0 Å². The Morgan fingerprint density at radius 2 is 1.78 bits per heavy atom. The van der Waals surface area contributed by atoms with Crippen molar-refractivity contribution >= 4 is 12.4 Å². The fourth-order valence-corrected chi connectivity index (χ4v) is 1.82. The highest BCUT2D eigenvalue weighted by Crippen LogP contribution is 2.05. The second-order valence-electron chi connectivity index (χ2n) is 5.04. The van der Waals surface area contributed by atoms with Crippen molar-refractivity contribution in [3.63, 3.8) is 0 Å². The van der Waals surface area contributed by atoms with Crippen LogP contribution in [0.15, 0.2) is 30.3 Å². The molecule has 0 fully saturated rings. The highest BCUT2D eigenvalue weighted by atomic mass is 35.5. The van der Waals surface area contributed by atoms with Gasteiger partial charge < -0.3 is 10.4 Å². The molecule has 2 N–H and O–H groups in total. The van der Waals surface area contributed by atoms with Crippen LogP contribution in [0.1, 0.15) is 32.3 Å². The summed E-state index contributed by atoms with van der Waals surface area (Å²) >= 11 is 0. The van der Waals surface area contributed by atoms with E-state index in [1.165, 1.54) is 12.0 Å². The molecule has 1 aromatic rings. The number of hydrogen-bond donors (Lipinski definition) is 2. The number of nitrogens with one attached hydrogen (secondary N) is 1. The minimum Gasteiger partial charge on any atom is -0.395 e. The number of halogens is 1. The van der Waals surface area contributed by atoms with Crippen molar-refractivity contribution in [1.29, 1.82) is 0 Å². The third-order valence-electron chi connectivity index (χ3n) is 3.00. The van der Waals surface area contributed by atoms with Crippen molar-refractivity contribution in [2.75, 3.05) is 13.2 Å². The fraction of sp³-hybridized carbons (Fsp3) is 0.600. The molecule has 18 heavy (non-hydrogen) atoms. The van der Waals surface area contributed by atoms with Gasteiger partial charge in [-0.2, -0.15) is 0 Å². The molecule has 0 saturated heterocycles. The van der Waals surface area contributed by atoms with E-state index in [2.05, 4.69) is 43.4 Å². The van der Waals surface area contributed by atoms with Crippen LogP contribution in [-0.4, -0.2) is 24.3 Å².